The lowest BCUT2D eigenvalue weighted by Crippen LogP contribution is -2.60. The van der Waals surface area contributed by atoms with Gasteiger partial charge in [0.1, 0.15) is 52.7 Å². The van der Waals surface area contributed by atoms with Gasteiger partial charge in [0.15, 0.2) is 12.5 Å². The van der Waals surface area contributed by atoms with E-state index < -0.39 is 93.9 Å². The van der Waals surface area contributed by atoms with Crippen LogP contribution in [0.4, 0.5) is 10.1 Å². The Hall–Kier alpha value is -1.00. The third-order valence-electron chi connectivity index (χ3n) is 6.94. The number of anilines is 1. The second kappa shape index (κ2) is 13.4. The highest BCUT2D eigenvalue weighted by Crippen LogP contribution is 2.62. The van der Waals surface area contributed by atoms with E-state index in [1.54, 1.807) is 0 Å². The lowest BCUT2D eigenvalue weighted by Gasteiger charge is -2.41. The molecule has 12 atom stereocenters. The van der Waals surface area contributed by atoms with Gasteiger partial charge in [0.25, 0.3) is 5.91 Å². The number of halogens is 1. The van der Waals surface area contributed by atoms with Crippen LogP contribution < -0.4 is 11.5 Å². The van der Waals surface area contributed by atoms with Crippen molar-refractivity contribution >= 4 is 49.3 Å². The molecule has 1 aromatic heterocycles. The number of methoxy groups -OCH3 is 1. The van der Waals surface area contributed by atoms with Gasteiger partial charge in [-0.1, -0.05) is 6.08 Å². The molecule has 0 spiro atoms. The van der Waals surface area contributed by atoms with Gasteiger partial charge in [0.2, 0.25) is 0 Å². The lowest BCUT2D eigenvalue weighted by molar-refractivity contribution is -0.287. The van der Waals surface area contributed by atoms with Gasteiger partial charge in [0, 0.05) is 12.7 Å². The lowest BCUT2D eigenvalue weighted by atomic mass is 9.83. The van der Waals surface area contributed by atoms with Crippen LogP contribution >= 0.6 is 25.9 Å². The van der Waals surface area contributed by atoms with Crippen LogP contribution in [0, 0.1) is 0 Å². The number of amides is 1. The fourth-order valence-electron chi connectivity index (χ4n) is 4.64. The number of rotatable bonds is 13. The summed E-state index contributed by atoms with van der Waals surface area (Å²) >= 11 is 5.71. The van der Waals surface area contributed by atoms with Gasteiger partial charge in [-0.3, -0.25) is 9.32 Å². The zero-order valence-electron chi connectivity index (χ0n) is 22.5. The van der Waals surface area contributed by atoms with E-state index in [0.717, 1.165) is 11.3 Å². The van der Waals surface area contributed by atoms with Crippen molar-refractivity contribution < 1.29 is 76.6 Å². The highest BCUT2D eigenvalue weighted by molar-refractivity contribution is 8.08. The van der Waals surface area contributed by atoms with Crippen molar-refractivity contribution in [3.63, 3.8) is 0 Å². The van der Waals surface area contributed by atoms with Crippen LogP contribution in [0.3, 0.4) is 0 Å². The molecule has 17 nitrogen and oxygen atoms in total. The first-order chi connectivity index (χ1) is 19.8. The number of carbonyl (C=O) groups is 1. The summed E-state index contributed by atoms with van der Waals surface area (Å²) in [7, 11) is -4.30. The van der Waals surface area contributed by atoms with E-state index in [2.05, 4.69) is 15.4 Å². The minimum Gasteiger partial charge on any atom is -0.397 e. The quantitative estimate of drug-likeness (QED) is 0.0854. The summed E-state index contributed by atoms with van der Waals surface area (Å²) in [6.07, 6.45) is -14.6. The van der Waals surface area contributed by atoms with Crippen molar-refractivity contribution in [2.45, 2.75) is 67.2 Å². The van der Waals surface area contributed by atoms with Crippen molar-refractivity contribution in [1.82, 2.24) is 0 Å². The molecule has 2 aliphatic rings. The molecule has 7 unspecified atom stereocenters. The Labute approximate surface area is 253 Å². The molecule has 0 bridgehead atoms. The Balaban J connectivity index is 1.77. The molecular weight excluding hydrogens is 665 g/mol. The zero-order valence-corrected chi connectivity index (χ0v) is 26.0. The van der Waals surface area contributed by atoms with Crippen LogP contribution in [0.5, 0.6) is 0 Å². The van der Waals surface area contributed by atoms with Crippen LogP contribution in [0.25, 0.3) is 0 Å². The summed E-state index contributed by atoms with van der Waals surface area (Å²) in [5, 5.41) is 51.6. The number of ether oxygens (including phenoxy) is 3. The molecular formula is C21H33FN2O15P2S2. The molecule has 0 radical (unpaired) electrons. The molecule has 22 heteroatoms. The summed E-state index contributed by atoms with van der Waals surface area (Å²) in [6.45, 7) is -1.75. The number of phosphoric acid groups is 1. The molecule has 11 N–H and O–H groups in total. The number of aliphatic hydroxyl groups is 5. The minimum absolute atomic E-state index is 0.0174. The molecule has 1 aromatic rings. The summed E-state index contributed by atoms with van der Waals surface area (Å²) in [5.74, 6) is -0.806. The fourth-order valence-corrected chi connectivity index (χ4v) is 8.65. The second-order valence-corrected chi connectivity index (χ2v) is 15.1. The first-order valence-electron chi connectivity index (χ1n) is 12.2. The van der Waals surface area contributed by atoms with Crippen molar-refractivity contribution in [2.75, 3.05) is 26.1 Å². The van der Waals surface area contributed by atoms with Gasteiger partial charge in [-0.05, 0) is 24.1 Å². The maximum atomic E-state index is 14.0. The van der Waals surface area contributed by atoms with Crippen molar-refractivity contribution in [2.24, 2.45) is 5.73 Å². The van der Waals surface area contributed by atoms with Crippen molar-refractivity contribution in [1.29, 1.82) is 0 Å². The van der Waals surface area contributed by atoms with Gasteiger partial charge in [-0.15, -0.1) is 17.9 Å². The van der Waals surface area contributed by atoms with Crippen molar-refractivity contribution in [3.8, 4) is 0 Å². The molecule has 0 saturated carbocycles. The molecule has 2 fully saturated rings. The standard InChI is InChI=1S/C21H33FN2O15P2S2/c1-4-21(34-3)16(8-6-43-15(10(8)23)17(24)29)37-20(2,19(21)30)7-35-41(33,42)39-40(31,32)38-18-13(28)11(26)12(27)14(36-18)9(22)5-25/h4,6,9,11-14,16,18-19,25-28,30H,1,5,7,23H2,2-3H3,(H2,24,29)(H,31,32)(H,33,42)/t9-,11?,12?,13?,14?,16-,18?,19+,20+,21-,41?/m0/s1. The zero-order chi connectivity index (χ0) is 32.7. The van der Waals surface area contributed by atoms with Gasteiger partial charge in [0.05, 0.1) is 18.9 Å². The van der Waals surface area contributed by atoms with Gasteiger partial charge in [-0.2, -0.15) is 0 Å². The first-order valence-corrected chi connectivity index (χ1v) is 17.1. The molecule has 1 amide bonds. The third-order valence-corrected chi connectivity index (χ3v) is 11.5. The Bertz CT molecular complexity index is 1290. The molecule has 3 rings (SSSR count). The number of carbonyl (C=O) groups excluding carboxylic acids is 1. The smallest absolute Gasteiger partial charge is 0.397 e. The summed E-state index contributed by atoms with van der Waals surface area (Å²) in [6, 6.07) is 0. The molecule has 0 aliphatic carbocycles. The highest BCUT2D eigenvalue weighted by atomic mass is 32.5. The number of thiophene rings is 1. The summed E-state index contributed by atoms with van der Waals surface area (Å²) in [5.41, 5.74) is 8.11. The SMILES string of the molecule is C=C[C@]1(OC)[C@H](c2csc(C(N)=O)c2N)O[C@](C)(COP(O)(=S)OP(=O)(O)OC2OC([C@@H](F)CO)C(O)C(O)C2O)[C@H]1O. The number of nitrogen functional groups attached to an aromatic ring is 1. The molecule has 2 saturated heterocycles. The van der Waals surface area contributed by atoms with E-state index in [4.69, 9.17) is 47.1 Å². The predicted molar refractivity (Wildman–Crippen MR) is 149 cm³/mol. The first kappa shape index (κ1) is 36.5. The molecule has 43 heavy (non-hydrogen) atoms. The molecule has 2 aliphatic heterocycles. The minimum atomic E-state index is -5.54. The van der Waals surface area contributed by atoms with Gasteiger partial charge in [-0.25, -0.2) is 13.3 Å². The average molecular weight is 699 g/mol. The van der Waals surface area contributed by atoms with Gasteiger partial charge < -0.3 is 65.5 Å². The number of nitrogens with two attached hydrogens (primary N) is 2. The van der Waals surface area contributed by atoms with Crippen LogP contribution in [-0.2, 0) is 43.9 Å². The second-order valence-electron chi connectivity index (χ2n) is 9.81. The van der Waals surface area contributed by atoms with E-state index in [9.17, 15) is 44.0 Å². The van der Waals surface area contributed by atoms with Crippen LogP contribution in [0.2, 0.25) is 0 Å². The Kier molecular flexibility index (Phi) is 11.4. The Morgan fingerprint density at radius 2 is 1.93 bits per heavy atom. The topological polar surface area (TPSA) is 283 Å². The van der Waals surface area contributed by atoms with E-state index in [-0.39, 0.29) is 16.1 Å². The number of primary amides is 1. The monoisotopic (exact) mass is 698 g/mol. The normalized spacial score (nSPS) is 38.2. The summed E-state index contributed by atoms with van der Waals surface area (Å²) < 4.78 is 57.5. The fraction of sp³-hybridized carbons (Fsp3) is 0.667. The van der Waals surface area contributed by atoms with Crippen LogP contribution in [0.15, 0.2) is 18.0 Å². The Morgan fingerprint density at radius 3 is 2.44 bits per heavy atom. The number of hydrogen-bond donors (Lipinski definition) is 9. The molecule has 246 valence electrons. The highest BCUT2D eigenvalue weighted by Gasteiger charge is 2.62. The van der Waals surface area contributed by atoms with E-state index in [0.29, 0.717) is 0 Å². The number of hydrogen-bond acceptors (Lipinski definition) is 16. The summed E-state index contributed by atoms with van der Waals surface area (Å²) in [4.78, 5) is 32.5. The molecule has 3 heterocycles. The largest absolute Gasteiger partial charge is 0.481 e. The van der Waals surface area contributed by atoms with E-state index >= 15 is 0 Å². The average Bonchev–Trinajstić information content (AvgIpc) is 3.41. The van der Waals surface area contributed by atoms with Crippen LogP contribution in [0.1, 0.15) is 28.3 Å². The van der Waals surface area contributed by atoms with Gasteiger partial charge >= 0.3 is 14.5 Å². The van der Waals surface area contributed by atoms with Crippen molar-refractivity contribution in [3.05, 3.63) is 28.5 Å². The molecule has 0 aromatic carbocycles. The third kappa shape index (κ3) is 7.21. The maximum Gasteiger partial charge on any atom is 0.481 e. The number of aliphatic hydroxyl groups excluding tert-OH is 5. The number of phosphoric ester groups is 1. The van der Waals surface area contributed by atoms with E-state index in [1.165, 1.54) is 25.5 Å². The van der Waals surface area contributed by atoms with Crippen LogP contribution in [-0.4, -0.2) is 116 Å². The van der Waals surface area contributed by atoms with E-state index in [1.807, 2.05) is 0 Å². The predicted octanol–water partition coefficient (Wildman–Crippen LogP) is -1.30. The Morgan fingerprint density at radius 1 is 1.30 bits per heavy atom. The number of alkyl halides is 1. The maximum absolute atomic E-state index is 14.0.